The van der Waals surface area contributed by atoms with Crippen molar-refractivity contribution in [2.45, 2.75) is 45.2 Å². The molecule has 1 aromatic rings. The van der Waals surface area contributed by atoms with Gasteiger partial charge in [-0.3, -0.25) is 9.69 Å². The lowest BCUT2D eigenvalue weighted by atomic mass is 9.96. The second kappa shape index (κ2) is 5.97. The Morgan fingerprint density at radius 1 is 1.29 bits per heavy atom. The fourth-order valence-corrected chi connectivity index (χ4v) is 2.59. The highest BCUT2D eigenvalue weighted by molar-refractivity contribution is 5.79. The minimum Gasteiger partial charge on any atom is -0.300 e. The van der Waals surface area contributed by atoms with Gasteiger partial charge < -0.3 is 0 Å². The number of ketones is 1. The molecule has 1 saturated heterocycles. The molecule has 92 valence electrons. The summed E-state index contributed by atoms with van der Waals surface area (Å²) in [6, 6.07) is 11.0. The van der Waals surface area contributed by atoms with E-state index in [2.05, 4.69) is 36.1 Å². The van der Waals surface area contributed by atoms with E-state index in [1.54, 1.807) is 0 Å². The summed E-state index contributed by atoms with van der Waals surface area (Å²) >= 11 is 0. The van der Waals surface area contributed by atoms with Gasteiger partial charge in [0.05, 0.1) is 0 Å². The second-order valence-corrected chi connectivity index (χ2v) is 4.89. The number of hydrogen-bond donors (Lipinski definition) is 0. The number of carbonyl (C=O) groups is 1. The lowest BCUT2D eigenvalue weighted by Crippen LogP contribution is -2.42. The van der Waals surface area contributed by atoms with Crippen molar-refractivity contribution in [3.05, 3.63) is 35.9 Å². The Balaban J connectivity index is 2.00. The molecule has 2 nitrogen and oxygen atoms in total. The number of carbonyl (C=O) groups excluding carboxylic acids is 1. The van der Waals surface area contributed by atoms with Gasteiger partial charge in [0.2, 0.25) is 0 Å². The fraction of sp³-hybridized carbons (Fsp3) is 0.533. The second-order valence-electron chi connectivity index (χ2n) is 4.89. The lowest BCUT2D eigenvalue weighted by Gasteiger charge is -2.35. The third kappa shape index (κ3) is 3.40. The Kier molecular flexibility index (Phi) is 4.32. The fourth-order valence-electron chi connectivity index (χ4n) is 2.59. The van der Waals surface area contributed by atoms with E-state index in [-0.39, 0.29) is 0 Å². The van der Waals surface area contributed by atoms with E-state index in [1.165, 1.54) is 5.56 Å². The maximum absolute atomic E-state index is 11.5. The van der Waals surface area contributed by atoms with Crippen molar-refractivity contribution >= 4 is 5.78 Å². The SMILES string of the molecule is CCCC1CC(=O)CCN1Cc1ccccc1. The summed E-state index contributed by atoms with van der Waals surface area (Å²) in [6.07, 6.45) is 3.77. The predicted octanol–water partition coefficient (Wildman–Crippen LogP) is 3.02. The molecule has 1 aliphatic rings. The van der Waals surface area contributed by atoms with Gasteiger partial charge in [0.1, 0.15) is 5.78 Å². The number of hydrogen-bond acceptors (Lipinski definition) is 2. The molecule has 2 heteroatoms. The Morgan fingerprint density at radius 3 is 2.76 bits per heavy atom. The van der Waals surface area contributed by atoms with Crippen LogP contribution in [-0.4, -0.2) is 23.3 Å². The van der Waals surface area contributed by atoms with Crippen LogP contribution in [0.25, 0.3) is 0 Å². The first-order valence-corrected chi connectivity index (χ1v) is 6.59. The maximum atomic E-state index is 11.5. The summed E-state index contributed by atoms with van der Waals surface area (Å²) in [5.41, 5.74) is 1.35. The molecule has 0 aliphatic carbocycles. The average Bonchev–Trinajstić information content (AvgIpc) is 2.34. The summed E-state index contributed by atoms with van der Waals surface area (Å²) in [7, 11) is 0. The van der Waals surface area contributed by atoms with E-state index < -0.39 is 0 Å². The topological polar surface area (TPSA) is 20.3 Å². The van der Waals surface area contributed by atoms with Crippen LogP contribution in [0.3, 0.4) is 0 Å². The highest BCUT2D eigenvalue weighted by atomic mass is 16.1. The van der Waals surface area contributed by atoms with Gasteiger partial charge in [-0.05, 0) is 12.0 Å². The van der Waals surface area contributed by atoms with Crippen molar-refractivity contribution in [2.24, 2.45) is 0 Å². The van der Waals surface area contributed by atoms with Crippen molar-refractivity contribution in [1.29, 1.82) is 0 Å². The van der Waals surface area contributed by atoms with E-state index in [4.69, 9.17) is 0 Å². The smallest absolute Gasteiger partial charge is 0.135 e. The van der Waals surface area contributed by atoms with Crippen molar-refractivity contribution in [3.8, 4) is 0 Å². The summed E-state index contributed by atoms with van der Waals surface area (Å²) < 4.78 is 0. The van der Waals surface area contributed by atoms with Gasteiger partial charge in [0, 0.05) is 32.0 Å². The van der Waals surface area contributed by atoms with E-state index >= 15 is 0 Å². The Morgan fingerprint density at radius 2 is 2.06 bits per heavy atom. The largest absolute Gasteiger partial charge is 0.300 e. The number of rotatable bonds is 4. The van der Waals surface area contributed by atoms with Crippen LogP contribution in [0.1, 0.15) is 38.2 Å². The van der Waals surface area contributed by atoms with Gasteiger partial charge in [0.15, 0.2) is 0 Å². The number of benzene rings is 1. The number of Topliss-reactive ketones (excluding diaryl/α,β-unsaturated/α-hetero) is 1. The molecule has 1 atom stereocenters. The van der Waals surface area contributed by atoms with Crippen LogP contribution in [0.2, 0.25) is 0 Å². The third-order valence-corrected chi connectivity index (χ3v) is 3.51. The summed E-state index contributed by atoms with van der Waals surface area (Å²) in [4.78, 5) is 14.0. The van der Waals surface area contributed by atoms with Crippen LogP contribution in [0, 0.1) is 0 Å². The molecule has 1 aliphatic heterocycles. The Hall–Kier alpha value is -1.15. The van der Waals surface area contributed by atoms with Crippen LogP contribution < -0.4 is 0 Å². The van der Waals surface area contributed by atoms with Gasteiger partial charge >= 0.3 is 0 Å². The van der Waals surface area contributed by atoms with E-state index in [0.717, 1.165) is 38.8 Å². The molecule has 0 spiro atoms. The van der Waals surface area contributed by atoms with Gasteiger partial charge in [0.25, 0.3) is 0 Å². The standard InChI is InChI=1S/C15H21NO/c1-2-6-14-11-15(17)9-10-16(14)12-13-7-4-3-5-8-13/h3-5,7-8,14H,2,6,9-12H2,1H3. The molecule has 2 rings (SSSR count). The molecule has 0 bridgehead atoms. The average molecular weight is 231 g/mol. The first-order chi connectivity index (χ1) is 8.29. The van der Waals surface area contributed by atoms with Crippen molar-refractivity contribution < 1.29 is 4.79 Å². The molecule has 0 radical (unpaired) electrons. The van der Waals surface area contributed by atoms with Crippen LogP contribution in [0.4, 0.5) is 0 Å². The molecule has 0 amide bonds. The molecule has 1 fully saturated rings. The van der Waals surface area contributed by atoms with E-state index in [1.807, 2.05) is 6.07 Å². The van der Waals surface area contributed by atoms with Crippen LogP contribution in [0.5, 0.6) is 0 Å². The van der Waals surface area contributed by atoms with Crippen LogP contribution in [-0.2, 0) is 11.3 Å². The molecule has 0 aromatic heterocycles. The first-order valence-electron chi connectivity index (χ1n) is 6.59. The molecule has 1 aromatic carbocycles. The highest BCUT2D eigenvalue weighted by Gasteiger charge is 2.25. The highest BCUT2D eigenvalue weighted by Crippen LogP contribution is 2.20. The number of piperidine rings is 1. The molecular formula is C15H21NO. The van der Waals surface area contributed by atoms with Crippen molar-refractivity contribution in [1.82, 2.24) is 4.90 Å². The first kappa shape index (κ1) is 12.3. The molecule has 0 N–H and O–H groups in total. The number of likely N-dealkylation sites (tertiary alicyclic amines) is 1. The normalized spacial score (nSPS) is 21.7. The van der Waals surface area contributed by atoms with Gasteiger partial charge in [-0.15, -0.1) is 0 Å². The van der Waals surface area contributed by atoms with Gasteiger partial charge in [-0.25, -0.2) is 0 Å². The molecule has 0 saturated carbocycles. The third-order valence-electron chi connectivity index (χ3n) is 3.51. The van der Waals surface area contributed by atoms with Crippen molar-refractivity contribution in [3.63, 3.8) is 0 Å². The lowest BCUT2D eigenvalue weighted by molar-refractivity contribution is -0.123. The zero-order chi connectivity index (χ0) is 12.1. The molecule has 17 heavy (non-hydrogen) atoms. The monoisotopic (exact) mass is 231 g/mol. The minimum absolute atomic E-state index is 0.438. The number of nitrogens with zero attached hydrogens (tertiary/aromatic N) is 1. The van der Waals surface area contributed by atoms with E-state index in [0.29, 0.717) is 11.8 Å². The molecule has 1 unspecified atom stereocenters. The quantitative estimate of drug-likeness (QED) is 0.794. The molecule has 1 heterocycles. The summed E-state index contributed by atoms with van der Waals surface area (Å²) in [5, 5.41) is 0. The zero-order valence-corrected chi connectivity index (χ0v) is 10.6. The minimum atomic E-state index is 0.438. The van der Waals surface area contributed by atoms with E-state index in [9.17, 15) is 4.79 Å². The zero-order valence-electron chi connectivity index (χ0n) is 10.6. The Labute approximate surface area is 104 Å². The van der Waals surface area contributed by atoms with Crippen LogP contribution >= 0.6 is 0 Å². The predicted molar refractivity (Wildman–Crippen MR) is 69.8 cm³/mol. The summed E-state index contributed by atoms with van der Waals surface area (Å²) in [5.74, 6) is 0.438. The maximum Gasteiger partial charge on any atom is 0.135 e. The van der Waals surface area contributed by atoms with Gasteiger partial charge in [-0.2, -0.15) is 0 Å². The van der Waals surface area contributed by atoms with Gasteiger partial charge in [-0.1, -0.05) is 43.7 Å². The van der Waals surface area contributed by atoms with Crippen LogP contribution in [0.15, 0.2) is 30.3 Å². The summed E-state index contributed by atoms with van der Waals surface area (Å²) in [6.45, 7) is 4.11. The Bertz CT molecular complexity index is 360. The molecular weight excluding hydrogens is 210 g/mol. The van der Waals surface area contributed by atoms with Crippen molar-refractivity contribution in [2.75, 3.05) is 6.54 Å².